The molecule has 0 bridgehead atoms. The Kier molecular flexibility index (Phi) is 9.88. The lowest BCUT2D eigenvalue weighted by atomic mass is 10.2. The second-order valence-electron chi connectivity index (χ2n) is 8.27. The Morgan fingerprint density at radius 2 is 1.49 bits per heavy atom. The zero-order valence-corrected chi connectivity index (χ0v) is 24.0. The molecule has 0 radical (unpaired) electrons. The molecular formula is C26H36N4O5S2. The summed E-state index contributed by atoms with van der Waals surface area (Å²) in [6, 6.07) is 9.80. The molecule has 202 valence electrons. The molecule has 0 atom stereocenters. The van der Waals surface area contributed by atoms with E-state index in [0.717, 1.165) is 17.8 Å². The van der Waals surface area contributed by atoms with Gasteiger partial charge in [0.2, 0.25) is 10.0 Å². The molecule has 9 nitrogen and oxygen atoms in total. The lowest BCUT2D eigenvalue weighted by molar-refractivity contribution is 0.0983. The van der Waals surface area contributed by atoms with E-state index in [4.69, 9.17) is 14.5 Å². The van der Waals surface area contributed by atoms with Crippen LogP contribution in [-0.2, 0) is 10.0 Å². The Labute approximate surface area is 223 Å². The van der Waals surface area contributed by atoms with Crippen LogP contribution in [0.3, 0.4) is 0 Å². The number of methoxy groups -OCH3 is 2. The van der Waals surface area contributed by atoms with Gasteiger partial charge in [0.05, 0.1) is 29.3 Å². The summed E-state index contributed by atoms with van der Waals surface area (Å²) < 4.78 is 38.8. The summed E-state index contributed by atoms with van der Waals surface area (Å²) in [5.41, 5.74) is 1.10. The highest BCUT2D eigenvalue weighted by Gasteiger charge is 2.25. The first kappa shape index (κ1) is 28.8. The van der Waals surface area contributed by atoms with Gasteiger partial charge in [-0.3, -0.25) is 9.69 Å². The smallest absolute Gasteiger partial charge is 0.260 e. The Hall–Kier alpha value is -2.73. The van der Waals surface area contributed by atoms with Crippen molar-refractivity contribution in [3.8, 4) is 11.5 Å². The zero-order valence-electron chi connectivity index (χ0n) is 22.4. The van der Waals surface area contributed by atoms with Crippen molar-refractivity contribution in [2.24, 2.45) is 0 Å². The van der Waals surface area contributed by atoms with Gasteiger partial charge in [0.15, 0.2) is 16.6 Å². The average molecular weight is 549 g/mol. The normalized spacial score (nSPS) is 11.9. The first-order chi connectivity index (χ1) is 17.7. The Morgan fingerprint density at radius 1 is 0.892 bits per heavy atom. The van der Waals surface area contributed by atoms with Crippen molar-refractivity contribution in [3.05, 3.63) is 42.0 Å². The van der Waals surface area contributed by atoms with Crippen molar-refractivity contribution < 1.29 is 22.7 Å². The fraction of sp³-hybridized carbons (Fsp3) is 0.462. The van der Waals surface area contributed by atoms with Gasteiger partial charge < -0.3 is 14.4 Å². The minimum absolute atomic E-state index is 0.168. The summed E-state index contributed by atoms with van der Waals surface area (Å²) in [4.78, 5) is 22.5. The van der Waals surface area contributed by atoms with E-state index >= 15 is 0 Å². The molecule has 1 heterocycles. The molecule has 11 heteroatoms. The number of benzene rings is 2. The highest BCUT2D eigenvalue weighted by Crippen LogP contribution is 2.37. The molecule has 1 aromatic heterocycles. The number of thiazole rings is 1. The van der Waals surface area contributed by atoms with E-state index < -0.39 is 10.0 Å². The van der Waals surface area contributed by atoms with Crippen LogP contribution in [0.15, 0.2) is 41.3 Å². The molecule has 0 saturated carbocycles. The molecule has 0 aliphatic carbocycles. The topological polar surface area (TPSA) is 92.3 Å². The maximum atomic E-state index is 13.7. The van der Waals surface area contributed by atoms with Crippen molar-refractivity contribution in [2.45, 2.75) is 32.6 Å². The van der Waals surface area contributed by atoms with Crippen molar-refractivity contribution >= 4 is 42.6 Å². The summed E-state index contributed by atoms with van der Waals surface area (Å²) in [6.45, 7) is 11.4. The van der Waals surface area contributed by atoms with Crippen LogP contribution < -0.4 is 14.4 Å². The van der Waals surface area contributed by atoms with Crippen LogP contribution in [0.25, 0.3) is 10.2 Å². The number of sulfonamides is 1. The Bertz CT molecular complexity index is 1260. The van der Waals surface area contributed by atoms with E-state index in [2.05, 4.69) is 18.7 Å². The van der Waals surface area contributed by atoms with Gasteiger partial charge in [-0.1, -0.05) is 39.0 Å². The van der Waals surface area contributed by atoms with Crippen LogP contribution in [0, 0.1) is 0 Å². The van der Waals surface area contributed by atoms with Gasteiger partial charge >= 0.3 is 0 Å². The van der Waals surface area contributed by atoms with Gasteiger partial charge in [0.1, 0.15) is 0 Å². The number of aromatic nitrogens is 1. The predicted molar refractivity (Wildman–Crippen MR) is 149 cm³/mol. The summed E-state index contributed by atoms with van der Waals surface area (Å²) in [6.07, 6.45) is 0. The molecule has 0 spiro atoms. The number of fused-ring (bicyclic) bond motifs is 1. The summed E-state index contributed by atoms with van der Waals surface area (Å²) in [7, 11) is -0.458. The molecule has 0 aliphatic heterocycles. The molecule has 37 heavy (non-hydrogen) atoms. The van der Waals surface area contributed by atoms with Gasteiger partial charge in [-0.05, 0) is 37.4 Å². The van der Waals surface area contributed by atoms with Crippen molar-refractivity contribution in [1.29, 1.82) is 0 Å². The van der Waals surface area contributed by atoms with E-state index in [1.165, 1.54) is 27.8 Å². The van der Waals surface area contributed by atoms with E-state index in [1.54, 1.807) is 51.2 Å². The van der Waals surface area contributed by atoms with Crippen LogP contribution in [-0.4, -0.2) is 82.0 Å². The highest BCUT2D eigenvalue weighted by atomic mass is 32.2. The van der Waals surface area contributed by atoms with Crippen molar-refractivity contribution in [2.75, 3.05) is 58.4 Å². The lowest BCUT2D eigenvalue weighted by Crippen LogP contribution is -2.39. The van der Waals surface area contributed by atoms with E-state index in [0.29, 0.717) is 53.9 Å². The SMILES string of the molecule is CCN(CC)CCN(C(=O)c1ccc(S(=O)(=O)N(CC)CC)cc1)c1nc2cc(OC)c(OC)cc2s1. The van der Waals surface area contributed by atoms with Crippen molar-refractivity contribution in [1.82, 2.24) is 14.2 Å². The van der Waals surface area contributed by atoms with Crippen LogP contribution in [0.2, 0.25) is 0 Å². The van der Waals surface area contributed by atoms with Crippen LogP contribution >= 0.6 is 11.3 Å². The molecule has 2 aromatic carbocycles. The van der Waals surface area contributed by atoms with Crippen LogP contribution in [0.5, 0.6) is 11.5 Å². The molecular weight excluding hydrogens is 512 g/mol. The standard InChI is InChI=1S/C26H36N4O5S2/c1-7-28(8-2)15-16-30(26-27-21-17-22(34-5)23(35-6)18-24(21)36-26)25(31)19-11-13-20(14-12-19)37(32,33)29(9-3)10-4/h11-14,17-18H,7-10,15-16H2,1-6H3. The monoisotopic (exact) mass is 548 g/mol. The summed E-state index contributed by atoms with van der Waals surface area (Å²) >= 11 is 1.40. The number of carbonyl (C=O) groups excluding carboxylic acids is 1. The number of carbonyl (C=O) groups is 1. The number of amides is 1. The van der Waals surface area contributed by atoms with Crippen LogP contribution in [0.4, 0.5) is 5.13 Å². The van der Waals surface area contributed by atoms with Crippen molar-refractivity contribution in [3.63, 3.8) is 0 Å². The third kappa shape index (κ3) is 6.23. The third-order valence-corrected chi connectivity index (χ3v) is 9.44. The number of nitrogens with zero attached hydrogens (tertiary/aromatic N) is 4. The molecule has 0 unspecified atom stereocenters. The second kappa shape index (κ2) is 12.7. The fourth-order valence-corrected chi connectivity index (χ4v) is 6.52. The molecule has 0 N–H and O–H groups in total. The lowest BCUT2D eigenvalue weighted by Gasteiger charge is -2.25. The van der Waals surface area contributed by atoms with Gasteiger partial charge in [-0.2, -0.15) is 4.31 Å². The first-order valence-electron chi connectivity index (χ1n) is 12.4. The predicted octanol–water partition coefficient (Wildman–Crippen LogP) is 4.33. The van der Waals surface area contributed by atoms with Gasteiger partial charge in [0.25, 0.3) is 5.91 Å². The van der Waals surface area contributed by atoms with Crippen LogP contribution in [0.1, 0.15) is 38.1 Å². The second-order valence-corrected chi connectivity index (χ2v) is 11.2. The van der Waals surface area contributed by atoms with Gasteiger partial charge in [-0.15, -0.1) is 0 Å². The summed E-state index contributed by atoms with van der Waals surface area (Å²) in [5, 5.41) is 0.558. The largest absolute Gasteiger partial charge is 0.493 e. The Morgan fingerprint density at radius 3 is 2.03 bits per heavy atom. The average Bonchev–Trinajstić information content (AvgIpc) is 3.33. The maximum absolute atomic E-state index is 13.7. The third-order valence-electron chi connectivity index (χ3n) is 6.34. The number of hydrogen-bond acceptors (Lipinski definition) is 8. The maximum Gasteiger partial charge on any atom is 0.260 e. The molecule has 0 saturated heterocycles. The number of ether oxygens (including phenoxy) is 2. The fourth-order valence-electron chi connectivity index (χ4n) is 4.06. The number of rotatable bonds is 13. The molecule has 3 aromatic rings. The molecule has 0 aliphatic rings. The number of anilines is 1. The van der Waals surface area contributed by atoms with E-state index in [1.807, 2.05) is 6.07 Å². The van der Waals surface area contributed by atoms with E-state index in [9.17, 15) is 13.2 Å². The minimum atomic E-state index is -3.61. The molecule has 3 rings (SSSR count). The molecule has 0 fully saturated rings. The van der Waals surface area contributed by atoms with Gasteiger partial charge in [0, 0.05) is 43.9 Å². The first-order valence-corrected chi connectivity index (χ1v) is 14.7. The summed E-state index contributed by atoms with van der Waals surface area (Å²) in [5.74, 6) is 0.922. The zero-order chi connectivity index (χ0) is 27.2. The quantitative estimate of drug-likeness (QED) is 0.314. The Balaban J connectivity index is 1.99. The van der Waals surface area contributed by atoms with E-state index in [-0.39, 0.29) is 10.8 Å². The highest BCUT2D eigenvalue weighted by molar-refractivity contribution is 7.89. The minimum Gasteiger partial charge on any atom is -0.493 e. The molecule has 1 amide bonds. The van der Waals surface area contributed by atoms with Gasteiger partial charge in [-0.25, -0.2) is 13.4 Å². The number of likely N-dealkylation sites (N-methyl/N-ethyl adjacent to an activating group) is 1. The number of hydrogen-bond donors (Lipinski definition) is 0.